The summed E-state index contributed by atoms with van der Waals surface area (Å²) in [5, 5.41) is 6.79. The van der Waals surface area contributed by atoms with E-state index in [0.29, 0.717) is 12.1 Å². The Bertz CT molecular complexity index is 327. The van der Waals surface area contributed by atoms with E-state index in [2.05, 4.69) is 45.3 Å². The summed E-state index contributed by atoms with van der Waals surface area (Å²) >= 11 is 0. The second kappa shape index (κ2) is 5.08. The van der Waals surface area contributed by atoms with Crippen molar-refractivity contribution in [3.05, 3.63) is 0 Å². The summed E-state index contributed by atoms with van der Waals surface area (Å²) in [5.74, 6) is 0.466. The summed E-state index contributed by atoms with van der Waals surface area (Å²) in [6.07, 6.45) is 4.63. The molecule has 0 aromatic heterocycles. The molecule has 0 aliphatic heterocycles. The van der Waals surface area contributed by atoms with E-state index in [4.69, 9.17) is 0 Å². The lowest BCUT2D eigenvalue weighted by Crippen LogP contribution is -2.43. The smallest absolute Gasteiger partial charge is 0.224 e. The van der Waals surface area contributed by atoms with Crippen LogP contribution in [0.5, 0.6) is 0 Å². The van der Waals surface area contributed by atoms with Gasteiger partial charge in [0.2, 0.25) is 5.91 Å². The van der Waals surface area contributed by atoms with Crippen LogP contribution in [0.4, 0.5) is 0 Å². The fourth-order valence-electron chi connectivity index (χ4n) is 3.87. The zero-order valence-corrected chi connectivity index (χ0v) is 13.2. The van der Waals surface area contributed by atoms with Crippen molar-refractivity contribution < 1.29 is 4.79 Å². The Kier molecular flexibility index (Phi) is 3.97. The average Bonchev–Trinajstić information content (AvgIpc) is 2.72. The van der Waals surface area contributed by atoms with E-state index in [1.54, 1.807) is 0 Å². The number of hydrogen-bond acceptors (Lipinski definition) is 2. The first-order valence-corrected chi connectivity index (χ1v) is 7.84. The first-order chi connectivity index (χ1) is 8.80. The van der Waals surface area contributed by atoms with Gasteiger partial charge in [-0.1, -0.05) is 34.6 Å². The lowest BCUT2D eigenvalue weighted by atomic mass is 9.91. The van der Waals surface area contributed by atoms with Crippen LogP contribution < -0.4 is 10.6 Å². The molecule has 2 saturated carbocycles. The Labute approximate surface area is 117 Å². The van der Waals surface area contributed by atoms with Gasteiger partial charge in [0.15, 0.2) is 0 Å². The van der Waals surface area contributed by atoms with Gasteiger partial charge in [-0.05, 0) is 43.1 Å². The van der Waals surface area contributed by atoms with Gasteiger partial charge in [-0.3, -0.25) is 4.79 Å². The Hall–Kier alpha value is -0.570. The minimum atomic E-state index is 0.151. The minimum Gasteiger partial charge on any atom is -0.353 e. The van der Waals surface area contributed by atoms with Crippen LogP contribution in [-0.4, -0.2) is 24.5 Å². The maximum absolute atomic E-state index is 12.4. The lowest BCUT2D eigenvalue weighted by molar-refractivity contribution is -0.124. The number of rotatable bonds is 4. The predicted octanol–water partition coefficient (Wildman–Crippen LogP) is 2.71. The van der Waals surface area contributed by atoms with Crippen LogP contribution in [-0.2, 0) is 4.79 Å². The summed E-state index contributed by atoms with van der Waals surface area (Å²) in [6, 6.07) is 1.06. The van der Waals surface area contributed by atoms with E-state index in [1.165, 1.54) is 12.8 Å². The second-order valence-corrected chi connectivity index (χ2v) is 7.49. The van der Waals surface area contributed by atoms with Crippen molar-refractivity contribution in [1.29, 1.82) is 0 Å². The Balaban J connectivity index is 1.79. The van der Waals surface area contributed by atoms with Crippen LogP contribution >= 0.6 is 0 Å². The van der Waals surface area contributed by atoms with Gasteiger partial charge < -0.3 is 10.6 Å². The zero-order chi connectivity index (χ0) is 14.3. The Morgan fingerprint density at radius 3 is 1.89 bits per heavy atom. The van der Waals surface area contributed by atoms with Crippen LogP contribution in [0.25, 0.3) is 0 Å². The number of nitrogens with one attached hydrogen (secondary N) is 2. The molecule has 2 fully saturated rings. The standard InChI is InChI=1S/C16H30N2O/c1-6-17-11-7-9-12(10-8-11)18-14(19)13-15(2,3)16(13,4)5/h11-13,17H,6-10H2,1-5H3,(H,18,19). The molecule has 0 atom stereocenters. The fraction of sp³-hybridized carbons (Fsp3) is 0.938. The second-order valence-electron chi connectivity index (χ2n) is 7.49. The van der Waals surface area contributed by atoms with Crippen LogP contribution in [0.1, 0.15) is 60.3 Å². The highest BCUT2D eigenvalue weighted by Gasteiger charge is 2.68. The predicted molar refractivity (Wildman–Crippen MR) is 78.9 cm³/mol. The van der Waals surface area contributed by atoms with Gasteiger partial charge in [0.05, 0.1) is 0 Å². The molecule has 0 radical (unpaired) electrons. The third-order valence-electron chi connectivity index (χ3n) is 5.85. The number of carbonyl (C=O) groups is 1. The highest BCUT2D eigenvalue weighted by Crippen LogP contribution is 2.68. The van der Waals surface area contributed by atoms with Crippen molar-refractivity contribution in [2.45, 2.75) is 72.4 Å². The molecule has 0 unspecified atom stereocenters. The molecule has 0 aromatic rings. The molecule has 0 bridgehead atoms. The molecule has 110 valence electrons. The molecule has 2 aliphatic rings. The van der Waals surface area contributed by atoms with Gasteiger partial charge in [0.1, 0.15) is 0 Å². The number of amides is 1. The summed E-state index contributed by atoms with van der Waals surface area (Å²) in [5.41, 5.74) is 0.302. The Morgan fingerprint density at radius 2 is 1.47 bits per heavy atom. The van der Waals surface area contributed by atoms with Gasteiger partial charge in [-0.15, -0.1) is 0 Å². The lowest BCUT2D eigenvalue weighted by Gasteiger charge is -2.29. The van der Waals surface area contributed by atoms with E-state index in [0.717, 1.165) is 19.4 Å². The summed E-state index contributed by atoms with van der Waals surface area (Å²) in [6.45, 7) is 12.0. The topological polar surface area (TPSA) is 41.1 Å². The molecule has 0 aromatic carbocycles. The highest BCUT2D eigenvalue weighted by molar-refractivity contribution is 5.84. The highest BCUT2D eigenvalue weighted by atomic mass is 16.2. The van der Waals surface area contributed by atoms with Crippen molar-refractivity contribution in [1.82, 2.24) is 10.6 Å². The summed E-state index contributed by atoms with van der Waals surface area (Å²) < 4.78 is 0. The summed E-state index contributed by atoms with van der Waals surface area (Å²) in [4.78, 5) is 12.4. The molecule has 19 heavy (non-hydrogen) atoms. The van der Waals surface area contributed by atoms with Crippen LogP contribution in [0, 0.1) is 16.7 Å². The van der Waals surface area contributed by atoms with Crippen LogP contribution in [0.15, 0.2) is 0 Å². The molecule has 2 N–H and O–H groups in total. The van der Waals surface area contributed by atoms with Crippen molar-refractivity contribution in [2.75, 3.05) is 6.54 Å². The molecule has 3 nitrogen and oxygen atoms in total. The molecule has 2 rings (SSSR count). The zero-order valence-electron chi connectivity index (χ0n) is 13.2. The van der Waals surface area contributed by atoms with E-state index in [9.17, 15) is 4.79 Å². The average molecular weight is 266 g/mol. The SMILES string of the molecule is CCNC1CCC(NC(=O)C2C(C)(C)C2(C)C)CC1. The van der Waals surface area contributed by atoms with E-state index < -0.39 is 0 Å². The third kappa shape index (κ3) is 2.67. The molecule has 2 aliphatic carbocycles. The molecule has 1 amide bonds. The maximum atomic E-state index is 12.4. The van der Waals surface area contributed by atoms with Crippen molar-refractivity contribution in [2.24, 2.45) is 16.7 Å². The number of hydrogen-bond donors (Lipinski definition) is 2. The van der Waals surface area contributed by atoms with E-state index in [1.807, 2.05) is 0 Å². The quantitative estimate of drug-likeness (QED) is 0.821. The fourth-order valence-corrected chi connectivity index (χ4v) is 3.87. The molecule has 0 spiro atoms. The maximum Gasteiger partial charge on any atom is 0.224 e. The van der Waals surface area contributed by atoms with Crippen molar-refractivity contribution >= 4 is 5.91 Å². The van der Waals surface area contributed by atoms with E-state index in [-0.39, 0.29) is 22.7 Å². The first kappa shape index (κ1) is 14.8. The minimum absolute atomic E-state index is 0.151. The molecular weight excluding hydrogens is 236 g/mol. The van der Waals surface area contributed by atoms with Crippen LogP contribution in [0.2, 0.25) is 0 Å². The molecule has 3 heteroatoms. The molecule has 0 heterocycles. The van der Waals surface area contributed by atoms with Crippen molar-refractivity contribution in [3.63, 3.8) is 0 Å². The molecule has 0 saturated heterocycles. The van der Waals surface area contributed by atoms with Gasteiger partial charge >= 0.3 is 0 Å². The Morgan fingerprint density at radius 1 is 1.00 bits per heavy atom. The van der Waals surface area contributed by atoms with Gasteiger partial charge in [0, 0.05) is 18.0 Å². The van der Waals surface area contributed by atoms with Crippen molar-refractivity contribution in [3.8, 4) is 0 Å². The normalized spacial score (nSPS) is 32.9. The molecular formula is C16H30N2O. The monoisotopic (exact) mass is 266 g/mol. The number of carbonyl (C=O) groups excluding carboxylic acids is 1. The van der Waals surface area contributed by atoms with Gasteiger partial charge in [-0.25, -0.2) is 0 Å². The summed E-state index contributed by atoms with van der Waals surface area (Å²) in [7, 11) is 0. The first-order valence-electron chi connectivity index (χ1n) is 7.84. The van der Waals surface area contributed by atoms with E-state index >= 15 is 0 Å². The van der Waals surface area contributed by atoms with Gasteiger partial charge in [-0.2, -0.15) is 0 Å². The van der Waals surface area contributed by atoms with Gasteiger partial charge in [0.25, 0.3) is 0 Å². The van der Waals surface area contributed by atoms with Crippen LogP contribution in [0.3, 0.4) is 0 Å². The largest absolute Gasteiger partial charge is 0.353 e. The third-order valence-corrected chi connectivity index (χ3v) is 5.85.